The quantitative estimate of drug-likeness (QED) is 0.410. The van der Waals surface area contributed by atoms with Gasteiger partial charge in [0.05, 0.1) is 0 Å². The summed E-state index contributed by atoms with van der Waals surface area (Å²) in [6, 6.07) is 26.7. The molecule has 0 aliphatic rings. The Morgan fingerprint density at radius 2 is 1.39 bits per heavy atom. The molecule has 5 heteroatoms. The lowest BCUT2D eigenvalue weighted by molar-refractivity contribution is -0.143. The Balaban J connectivity index is 1.85. The number of benzene rings is 3. The van der Waals surface area contributed by atoms with Crippen LogP contribution >= 0.6 is 0 Å². The largest absolute Gasteiger partial charge is 0.484 e. The molecule has 0 spiro atoms. The summed E-state index contributed by atoms with van der Waals surface area (Å²) in [4.78, 5) is 28.6. The number of hydrogen-bond donors (Lipinski definition) is 1. The third kappa shape index (κ3) is 7.98. The first kappa shape index (κ1) is 27.0. The van der Waals surface area contributed by atoms with Crippen molar-refractivity contribution in [2.24, 2.45) is 0 Å². The van der Waals surface area contributed by atoms with Crippen LogP contribution in [0.3, 0.4) is 0 Å². The van der Waals surface area contributed by atoms with Crippen LogP contribution in [0.5, 0.6) is 5.75 Å². The molecule has 0 aliphatic carbocycles. The van der Waals surface area contributed by atoms with Gasteiger partial charge in [0, 0.05) is 19.0 Å². The van der Waals surface area contributed by atoms with Crippen LogP contribution in [0.4, 0.5) is 0 Å². The summed E-state index contributed by atoms with van der Waals surface area (Å²) in [6.45, 7) is 10.5. The average molecular weight is 487 g/mol. The van der Waals surface area contributed by atoms with E-state index in [4.69, 9.17) is 4.74 Å². The van der Waals surface area contributed by atoms with Crippen LogP contribution in [0.1, 0.15) is 51.3 Å². The molecule has 1 unspecified atom stereocenters. The van der Waals surface area contributed by atoms with Crippen molar-refractivity contribution in [1.29, 1.82) is 0 Å². The fourth-order valence-corrected chi connectivity index (χ4v) is 3.99. The van der Waals surface area contributed by atoms with E-state index >= 15 is 0 Å². The number of amides is 2. The van der Waals surface area contributed by atoms with Gasteiger partial charge in [0.25, 0.3) is 5.91 Å². The second-order valence-electron chi connectivity index (χ2n) is 10.4. The van der Waals surface area contributed by atoms with E-state index in [1.54, 1.807) is 4.90 Å². The molecule has 190 valence electrons. The Kier molecular flexibility index (Phi) is 9.29. The molecule has 0 fully saturated rings. The van der Waals surface area contributed by atoms with Crippen LogP contribution < -0.4 is 10.1 Å². The molecule has 1 atom stereocenters. The van der Waals surface area contributed by atoms with Crippen LogP contribution in [0, 0.1) is 0 Å². The second kappa shape index (κ2) is 12.4. The molecule has 3 aromatic carbocycles. The van der Waals surface area contributed by atoms with E-state index in [0.717, 1.165) is 11.1 Å². The highest BCUT2D eigenvalue weighted by atomic mass is 16.5. The maximum absolute atomic E-state index is 13.6. The average Bonchev–Trinajstić information content (AvgIpc) is 2.85. The molecule has 0 aliphatic heterocycles. The molecular formula is C31H38N2O3. The van der Waals surface area contributed by atoms with Gasteiger partial charge in [-0.1, -0.05) is 93.6 Å². The van der Waals surface area contributed by atoms with Crippen LogP contribution in [-0.4, -0.2) is 35.4 Å². The van der Waals surface area contributed by atoms with Gasteiger partial charge >= 0.3 is 0 Å². The summed E-state index contributed by atoms with van der Waals surface area (Å²) >= 11 is 0. The standard InChI is InChI=1S/C31H38N2O3/c1-23(2)32-30(35)28(20-24-12-8-6-9-13-24)33(21-25-14-10-7-11-15-25)29(34)22-36-27-18-16-26(17-19-27)31(3,4)5/h6-19,23,28H,20-22H2,1-5H3,(H,32,35). The number of nitrogens with zero attached hydrogens (tertiary/aromatic N) is 1. The first-order chi connectivity index (χ1) is 17.1. The van der Waals surface area contributed by atoms with Crippen molar-refractivity contribution in [3.63, 3.8) is 0 Å². The summed E-state index contributed by atoms with van der Waals surface area (Å²) in [5.41, 5.74) is 3.18. The summed E-state index contributed by atoms with van der Waals surface area (Å²) in [7, 11) is 0. The van der Waals surface area contributed by atoms with Gasteiger partial charge in [0.15, 0.2) is 6.61 Å². The Hall–Kier alpha value is -3.60. The minimum absolute atomic E-state index is 0.0370. The maximum atomic E-state index is 13.6. The first-order valence-electron chi connectivity index (χ1n) is 12.5. The minimum atomic E-state index is -0.672. The van der Waals surface area contributed by atoms with Gasteiger partial charge in [-0.25, -0.2) is 0 Å². The SMILES string of the molecule is CC(C)NC(=O)C(Cc1ccccc1)N(Cc1ccccc1)C(=O)COc1ccc(C(C)(C)C)cc1. The monoisotopic (exact) mass is 486 g/mol. The van der Waals surface area contributed by atoms with Gasteiger partial charge in [-0.2, -0.15) is 0 Å². The van der Waals surface area contributed by atoms with E-state index in [0.29, 0.717) is 18.7 Å². The molecule has 36 heavy (non-hydrogen) atoms. The Bertz CT molecular complexity index is 1100. The topological polar surface area (TPSA) is 58.6 Å². The molecule has 0 saturated heterocycles. The lowest BCUT2D eigenvalue weighted by atomic mass is 9.87. The zero-order chi connectivity index (χ0) is 26.1. The Morgan fingerprint density at radius 3 is 1.92 bits per heavy atom. The molecule has 3 rings (SSSR count). The molecule has 2 amide bonds. The number of nitrogens with one attached hydrogen (secondary N) is 1. The minimum Gasteiger partial charge on any atom is -0.484 e. The van der Waals surface area contributed by atoms with Crippen molar-refractivity contribution in [3.05, 3.63) is 102 Å². The third-order valence-electron chi connectivity index (χ3n) is 5.98. The van der Waals surface area contributed by atoms with Gasteiger partial charge in [0.2, 0.25) is 5.91 Å². The van der Waals surface area contributed by atoms with Gasteiger partial charge in [0.1, 0.15) is 11.8 Å². The summed E-state index contributed by atoms with van der Waals surface area (Å²) in [5, 5.41) is 3.00. The van der Waals surface area contributed by atoms with Crippen molar-refractivity contribution in [2.45, 2.75) is 65.1 Å². The van der Waals surface area contributed by atoms with E-state index in [-0.39, 0.29) is 29.9 Å². The van der Waals surface area contributed by atoms with Crippen molar-refractivity contribution >= 4 is 11.8 Å². The van der Waals surface area contributed by atoms with E-state index < -0.39 is 6.04 Å². The van der Waals surface area contributed by atoms with Crippen molar-refractivity contribution < 1.29 is 14.3 Å². The highest BCUT2D eigenvalue weighted by Gasteiger charge is 2.31. The van der Waals surface area contributed by atoms with E-state index in [1.807, 2.05) is 98.8 Å². The van der Waals surface area contributed by atoms with E-state index in [1.165, 1.54) is 5.56 Å². The second-order valence-corrected chi connectivity index (χ2v) is 10.4. The van der Waals surface area contributed by atoms with Crippen molar-refractivity contribution in [3.8, 4) is 5.75 Å². The molecule has 0 bridgehead atoms. The molecular weight excluding hydrogens is 448 g/mol. The van der Waals surface area contributed by atoms with Gasteiger partial charge < -0.3 is 15.0 Å². The van der Waals surface area contributed by atoms with Gasteiger partial charge in [-0.3, -0.25) is 9.59 Å². The zero-order valence-electron chi connectivity index (χ0n) is 22.0. The van der Waals surface area contributed by atoms with Gasteiger partial charge in [-0.15, -0.1) is 0 Å². The smallest absolute Gasteiger partial charge is 0.261 e. The normalized spacial score (nSPS) is 12.2. The summed E-state index contributed by atoms with van der Waals surface area (Å²) < 4.78 is 5.89. The fourth-order valence-electron chi connectivity index (χ4n) is 3.99. The van der Waals surface area contributed by atoms with Crippen molar-refractivity contribution in [1.82, 2.24) is 10.2 Å². The fraction of sp³-hybridized carbons (Fsp3) is 0.355. The third-order valence-corrected chi connectivity index (χ3v) is 5.98. The predicted octanol–water partition coefficient (Wildman–Crippen LogP) is 5.53. The zero-order valence-corrected chi connectivity index (χ0v) is 22.0. The predicted molar refractivity (Wildman–Crippen MR) is 145 cm³/mol. The maximum Gasteiger partial charge on any atom is 0.261 e. The molecule has 0 heterocycles. The summed E-state index contributed by atoms with van der Waals surface area (Å²) in [6.07, 6.45) is 0.415. The number of rotatable bonds is 10. The Labute approximate surface area is 215 Å². The van der Waals surface area contributed by atoms with Gasteiger partial charge in [-0.05, 0) is 48.1 Å². The molecule has 0 radical (unpaired) electrons. The first-order valence-corrected chi connectivity index (χ1v) is 12.5. The number of ether oxygens (including phenoxy) is 1. The lowest BCUT2D eigenvalue weighted by Crippen LogP contribution is -2.52. The number of carbonyl (C=O) groups is 2. The van der Waals surface area contributed by atoms with Crippen LogP contribution in [0.2, 0.25) is 0 Å². The van der Waals surface area contributed by atoms with Crippen LogP contribution in [0.25, 0.3) is 0 Å². The molecule has 3 aromatic rings. The number of hydrogen-bond acceptors (Lipinski definition) is 3. The lowest BCUT2D eigenvalue weighted by Gasteiger charge is -2.32. The molecule has 0 aromatic heterocycles. The van der Waals surface area contributed by atoms with Crippen LogP contribution in [0.15, 0.2) is 84.9 Å². The number of carbonyl (C=O) groups excluding carboxylic acids is 2. The van der Waals surface area contributed by atoms with E-state index in [9.17, 15) is 9.59 Å². The molecule has 1 N–H and O–H groups in total. The van der Waals surface area contributed by atoms with E-state index in [2.05, 4.69) is 26.1 Å². The van der Waals surface area contributed by atoms with Crippen LogP contribution in [-0.2, 0) is 28.0 Å². The molecule has 0 saturated carbocycles. The summed E-state index contributed by atoms with van der Waals surface area (Å²) in [5.74, 6) is 0.216. The Morgan fingerprint density at radius 1 is 0.833 bits per heavy atom. The molecule has 5 nitrogen and oxygen atoms in total. The van der Waals surface area contributed by atoms with Crippen molar-refractivity contribution in [2.75, 3.05) is 6.61 Å². The highest BCUT2D eigenvalue weighted by Crippen LogP contribution is 2.24. The highest BCUT2D eigenvalue weighted by molar-refractivity contribution is 5.88.